The van der Waals surface area contributed by atoms with Crippen LogP contribution in [0.4, 0.5) is 18.2 Å². The van der Waals surface area contributed by atoms with Gasteiger partial charge in [0.15, 0.2) is 5.69 Å². The number of methoxy groups -OCH3 is 2. The molecular formula is C16H15ClF3N3O5S. The first-order chi connectivity index (χ1) is 13.4. The van der Waals surface area contributed by atoms with Gasteiger partial charge in [-0.15, -0.1) is 11.3 Å². The summed E-state index contributed by atoms with van der Waals surface area (Å²) in [5, 5.41) is 5.11. The third kappa shape index (κ3) is 4.53. The predicted molar refractivity (Wildman–Crippen MR) is 97.3 cm³/mol. The zero-order chi connectivity index (χ0) is 22.1. The van der Waals surface area contributed by atoms with Gasteiger partial charge in [-0.1, -0.05) is 11.6 Å². The van der Waals surface area contributed by atoms with Gasteiger partial charge >= 0.3 is 18.1 Å². The highest BCUT2D eigenvalue weighted by atomic mass is 35.5. The van der Waals surface area contributed by atoms with E-state index in [-0.39, 0.29) is 26.7 Å². The number of aromatic nitrogens is 2. The Balaban J connectivity index is 2.34. The number of thiophene rings is 1. The Kier molecular flexibility index (Phi) is 6.58. The standard InChI is InChI=1S/C16H15ClF3N3O5S/c1-6-9(14(25)27-3)13(29-11(6)15(26)28-4)21-8(24)5-23-7(2)10(17)12(22-23)16(18,19)20/h5H2,1-4H3,(H,21,24). The highest BCUT2D eigenvalue weighted by molar-refractivity contribution is 7.18. The normalized spacial score (nSPS) is 11.3. The summed E-state index contributed by atoms with van der Waals surface area (Å²) < 4.78 is 48.8. The molecular weight excluding hydrogens is 439 g/mol. The van der Waals surface area contributed by atoms with E-state index in [1.807, 2.05) is 0 Å². The average Bonchev–Trinajstić information content (AvgIpc) is 3.11. The highest BCUT2D eigenvalue weighted by Crippen LogP contribution is 2.36. The maximum atomic E-state index is 12.9. The largest absolute Gasteiger partial charge is 0.465 e. The van der Waals surface area contributed by atoms with Crippen LogP contribution in [-0.2, 0) is 27.0 Å². The molecule has 0 saturated heterocycles. The Morgan fingerprint density at radius 1 is 1.17 bits per heavy atom. The summed E-state index contributed by atoms with van der Waals surface area (Å²) >= 11 is 6.43. The number of carbonyl (C=O) groups excluding carboxylic acids is 3. The predicted octanol–water partition coefficient (Wildman–Crippen LogP) is 3.45. The number of carbonyl (C=O) groups is 3. The van der Waals surface area contributed by atoms with E-state index in [2.05, 4.69) is 19.9 Å². The Labute approximate surface area is 171 Å². The van der Waals surface area contributed by atoms with Crippen LogP contribution in [0.3, 0.4) is 0 Å². The summed E-state index contributed by atoms with van der Waals surface area (Å²) in [7, 11) is 2.27. The molecule has 0 aromatic carbocycles. The third-order valence-corrected chi connectivity index (χ3v) is 5.50. The Hall–Kier alpha value is -2.60. The number of ether oxygens (including phenoxy) is 2. The number of amides is 1. The van der Waals surface area contributed by atoms with Crippen molar-refractivity contribution in [3.8, 4) is 0 Å². The van der Waals surface area contributed by atoms with Crippen LogP contribution in [0.5, 0.6) is 0 Å². The summed E-state index contributed by atoms with van der Waals surface area (Å²) in [5.41, 5.74) is -1.18. The first-order valence-corrected chi connectivity index (χ1v) is 9.01. The SMILES string of the molecule is COC(=O)c1sc(NC(=O)Cn2nc(C(F)(F)F)c(Cl)c2C)c(C(=O)OC)c1C. The molecule has 0 spiro atoms. The fourth-order valence-corrected chi connectivity index (χ4v) is 3.77. The van der Waals surface area contributed by atoms with Crippen LogP contribution < -0.4 is 5.32 Å². The van der Waals surface area contributed by atoms with Crippen molar-refractivity contribution in [2.45, 2.75) is 26.6 Å². The van der Waals surface area contributed by atoms with Gasteiger partial charge in [-0.3, -0.25) is 9.48 Å². The molecule has 2 rings (SSSR count). The molecule has 1 N–H and O–H groups in total. The van der Waals surface area contributed by atoms with Gasteiger partial charge in [0.05, 0.1) is 30.5 Å². The van der Waals surface area contributed by atoms with Crippen molar-refractivity contribution in [2.75, 3.05) is 19.5 Å². The lowest BCUT2D eigenvalue weighted by atomic mass is 10.1. The molecule has 0 bridgehead atoms. The van der Waals surface area contributed by atoms with Gasteiger partial charge in [0, 0.05) is 0 Å². The van der Waals surface area contributed by atoms with E-state index in [0.717, 1.165) is 30.2 Å². The molecule has 0 aliphatic heterocycles. The monoisotopic (exact) mass is 453 g/mol. The summed E-state index contributed by atoms with van der Waals surface area (Å²) in [6.45, 7) is 2.15. The summed E-state index contributed by atoms with van der Waals surface area (Å²) in [6, 6.07) is 0. The topological polar surface area (TPSA) is 99.5 Å². The van der Waals surface area contributed by atoms with Crippen LogP contribution in [0, 0.1) is 13.8 Å². The molecule has 8 nitrogen and oxygen atoms in total. The number of esters is 2. The molecule has 0 aliphatic rings. The Bertz CT molecular complexity index is 984. The Morgan fingerprint density at radius 2 is 1.76 bits per heavy atom. The number of alkyl halides is 3. The molecule has 0 aliphatic carbocycles. The minimum Gasteiger partial charge on any atom is -0.465 e. The molecule has 0 radical (unpaired) electrons. The van der Waals surface area contributed by atoms with Crippen molar-refractivity contribution in [3.63, 3.8) is 0 Å². The molecule has 0 unspecified atom stereocenters. The molecule has 2 heterocycles. The van der Waals surface area contributed by atoms with E-state index in [9.17, 15) is 27.6 Å². The van der Waals surface area contributed by atoms with Crippen LogP contribution in [0.15, 0.2) is 0 Å². The average molecular weight is 454 g/mol. The molecule has 2 aromatic heterocycles. The smallest absolute Gasteiger partial charge is 0.436 e. The lowest BCUT2D eigenvalue weighted by molar-refractivity contribution is -0.141. The molecule has 158 valence electrons. The second-order valence-corrected chi connectivity index (χ2v) is 7.09. The van der Waals surface area contributed by atoms with E-state index < -0.39 is 41.3 Å². The van der Waals surface area contributed by atoms with Crippen molar-refractivity contribution >= 4 is 45.8 Å². The number of halogens is 4. The maximum absolute atomic E-state index is 12.9. The molecule has 2 aromatic rings. The van der Waals surface area contributed by atoms with Crippen molar-refractivity contribution in [2.24, 2.45) is 0 Å². The van der Waals surface area contributed by atoms with Gasteiger partial charge in [-0.2, -0.15) is 18.3 Å². The second kappa shape index (κ2) is 8.41. The fraction of sp³-hybridized carbons (Fsp3) is 0.375. The number of hydrogen-bond acceptors (Lipinski definition) is 7. The van der Waals surface area contributed by atoms with Crippen LogP contribution in [0.2, 0.25) is 5.02 Å². The van der Waals surface area contributed by atoms with Gasteiger partial charge in [0.2, 0.25) is 5.91 Å². The van der Waals surface area contributed by atoms with Crippen molar-refractivity contribution in [3.05, 3.63) is 32.4 Å². The molecule has 13 heteroatoms. The van der Waals surface area contributed by atoms with E-state index in [1.54, 1.807) is 0 Å². The first kappa shape index (κ1) is 22.7. The van der Waals surface area contributed by atoms with Crippen molar-refractivity contribution in [1.29, 1.82) is 0 Å². The van der Waals surface area contributed by atoms with Gasteiger partial charge < -0.3 is 14.8 Å². The van der Waals surface area contributed by atoms with E-state index in [1.165, 1.54) is 13.8 Å². The van der Waals surface area contributed by atoms with E-state index in [4.69, 9.17) is 11.6 Å². The van der Waals surface area contributed by atoms with Crippen molar-refractivity contribution < 1.29 is 37.0 Å². The summed E-state index contributed by atoms with van der Waals surface area (Å²) in [4.78, 5) is 36.3. The number of anilines is 1. The summed E-state index contributed by atoms with van der Waals surface area (Å²) in [6.07, 6.45) is -4.78. The quantitative estimate of drug-likeness (QED) is 0.696. The zero-order valence-corrected chi connectivity index (χ0v) is 17.1. The molecule has 1 amide bonds. The number of nitrogens with zero attached hydrogens (tertiary/aromatic N) is 2. The van der Waals surface area contributed by atoms with E-state index in [0.29, 0.717) is 0 Å². The lowest BCUT2D eigenvalue weighted by Gasteiger charge is -2.07. The maximum Gasteiger partial charge on any atom is 0.436 e. The molecule has 0 atom stereocenters. The fourth-order valence-electron chi connectivity index (χ4n) is 2.40. The highest BCUT2D eigenvalue weighted by Gasteiger charge is 2.38. The molecule has 0 fully saturated rings. The van der Waals surface area contributed by atoms with Gasteiger partial charge in [0.1, 0.15) is 16.4 Å². The van der Waals surface area contributed by atoms with Crippen LogP contribution in [0.1, 0.15) is 37.0 Å². The lowest BCUT2D eigenvalue weighted by Crippen LogP contribution is -2.21. The van der Waals surface area contributed by atoms with Crippen LogP contribution in [0.25, 0.3) is 0 Å². The Morgan fingerprint density at radius 3 is 2.24 bits per heavy atom. The van der Waals surface area contributed by atoms with Gasteiger partial charge in [-0.25, -0.2) is 9.59 Å². The summed E-state index contributed by atoms with van der Waals surface area (Å²) in [5.74, 6) is -2.31. The van der Waals surface area contributed by atoms with Crippen LogP contribution in [-0.4, -0.2) is 41.8 Å². The molecule has 0 saturated carbocycles. The number of hydrogen-bond donors (Lipinski definition) is 1. The minimum atomic E-state index is -4.78. The number of nitrogens with one attached hydrogen (secondary N) is 1. The van der Waals surface area contributed by atoms with E-state index >= 15 is 0 Å². The third-order valence-electron chi connectivity index (χ3n) is 3.86. The first-order valence-electron chi connectivity index (χ1n) is 7.82. The zero-order valence-electron chi connectivity index (χ0n) is 15.6. The number of rotatable bonds is 5. The minimum absolute atomic E-state index is 0.00768. The van der Waals surface area contributed by atoms with Gasteiger partial charge in [0.25, 0.3) is 0 Å². The van der Waals surface area contributed by atoms with Gasteiger partial charge in [-0.05, 0) is 19.4 Å². The van der Waals surface area contributed by atoms with Crippen molar-refractivity contribution in [1.82, 2.24) is 9.78 Å². The molecule has 29 heavy (non-hydrogen) atoms. The van der Waals surface area contributed by atoms with Crippen LogP contribution >= 0.6 is 22.9 Å². The second-order valence-electron chi connectivity index (χ2n) is 5.70.